The molecule has 0 aliphatic heterocycles. The van der Waals surface area contributed by atoms with Gasteiger partial charge in [-0.2, -0.15) is 0 Å². The van der Waals surface area contributed by atoms with Crippen LogP contribution in [-0.4, -0.2) is 23.8 Å². The van der Waals surface area contributed by atoms with E-state index in [1.165, 1.54) is 13.2 Å². The lowest BCUT2D eigenvalue weighted by atomic mass is 10.1. The second-order valence-corrected chi connectivity index (χ2v) is 3.26. The van der Waals surface area contributed by atoms with Gasteiger partial charge in [0.2, 0.25) is 0 Å². The lowest BCUT2D eigenvalue weighted by molar-refractivity contribution is 0.108. The summed E-state index contributed by atoms with van der Waals surface area (Å²) < 4.78 is 18.2. The quantitative estimate of drug-likeness (QED) is 0.789. The molecule has 1 rings (SSSR count). The third-order valence-corrected chi connectivity index (χ3v) is 2.09. The van der Waals surface area contributed by atoms with Crippen LogP contribution >= 0.6 is 0 Å². The van der Waals surface area contributed by atoms with E-state index in [0.717, 1.165) is 6.20 Å². The van der Waals surface area contributed by atoms with Crippen LogP contribution in [0, 0.1) is 17.7 Å². The predicted molar refractivity (Wildman–Crippen MR) is 58.2 cm³/mol. The molecule has 1 unspecified atom stereocenters. The van der Waals surface area contributed by atoms with Gasteiger partial charge in [0.15, 0.2) is 0 Å². The molecule has 0 amide bonds. The Kier molecular flexibility index (Phi) is 4.90. The van der Waals surface area contributed by atoms with Gasteiger partial charge in [0.05, 0.1) is 12.3 Å². The van der Waals surface area contributed by atoms with Crippen LogP contribution in [0.1, 0.15) is 30.7 Å². The second kappa shape index (κ2) is 6.21. The molecule has 1 aromatic rings. The SMILES string of the molecule is CC#Cc1cc(C(O)CCOC)c(F)cn1. The molecule has 16 heavy (non-hydrogen) atoms. The Morgan fingerprint density at radius 2 is 2.38 bits per heavy atom. The van der Waals surface area contributed by atoms with E-state index in [4.69, 9.17) is 4.74 Å². The van der Waals surface area contributed by atoms with Crippen molar-refractivity contribution in [2.75, 3.05) is 13.7 Å². The number of nitrogens with zero attached hydrogens (tertiary/aromatic N) is 1. The van der Waals surface area contributed by atoms with Crippen molar-refractivity contribution in [3.63, 3.8) is 0 Å². The number of halogens is 1. The summed E-state index contributed by atoms with van der Waals surface area (Å²) in [6.45, 7) is 2.05. The highest BCUT2D eigenvalue weighted by Gasteiger charge is 2.13. The molecule has 0 aromatic carbocycles. The number of hydrogen-bond donors (Lipinski definition) is 1. The number of ether oxygens (including phenoxy) is 1. The highest BCUT2D eigenvalue weighted by molar-refractivity contribution is 5.32. The number of aliphatic hydroxyl groups excluding tert-OH is 1. The van der Waals surface area contributed by atoms with Crippen LogP contribution in [-0.2, 0) is 4.74 Å². The average Bonchev–Trinajstić information content (AvgIpc) is 2.29. The molecule has 0 radical (unpaired) electrons. The first kappa shape index (κ1) is 12.6. The van der Waals surface area contributed by atoms with E-state index in [2.05, 4.69) is 16.8 Å². The Morgan fingerprint density at radius 3 is 3.00 bits per heavy atom. The summed E-state index contributed by atoms with van der Waals surface area (Å²) in [4.78, 5) is 3.80. The number of aromatic nitrogens is 1. The third-order valence-electron chi connectivity index (χ3n) is 2.09. The van der Waals surface area contributed by atoms with Crippen LogP contribution < -0.4 is 0 Å². The number of rotatable bonds is 4. The zero-order chi connectivity index (χ0) is 12.0. The molecular weight excluding hydrogens is 209 g/mol. The van der Waals surface area contributed by atoms with E-state index in [1.807, 2.05) is 0 Å². The van der Waals surface area contributed by atoms with Gasteiger partial charge in [-0.3, -0.25) is 0 Å². The summed E-state index contributed by atoms with van der Waals surface area (Å²) in [5.41, 5.74) is 0.667. The normalized spacial score (nSPS) is 11.8. The van der Waals surface area contributed by atoms with E-state index in [9.17, 15) is 9.50 Å². The maximum atomic E-state index is 13.4. The molecule has 4 heteroatoms. The maximum Gasteiger partial charge on any atom is 0.147 e. The fourth-order valence-corrected chi connectivity index (χ4v) is 1.29. The summed E-state index contributed by atoms with van der Waals surface area (Å²) in [6, 6.07) is 1.46. The minimum Gasteiger partial charge on any atom is -0.388 e. The van der Waals surface area contributed by atoms with Crippen molar-refractivity contribution in [1.29, 1.82) is 0 Å². The van der Waals surface area contributed by atoms with E-state index in [1.54, 1.807) is 6.92 Å². The zero-order valence-electron chi connectivity index (χ0n) is 9.33. The van der Waals surface area contributed by atoms with Gasteiger partial charge < -0.3 is 9.84 Å². The Morgan fingerprint density at radius 1 is 1.62 bits per heavy atom. The monoisotopic (exact) mass is 223 g/mol. The van der Waals surface area contributed by atoms with Crippen LogP contribution in [0.5, 0.6) is 0 Å². The van der Waals surface area contributed by atoms with E-state index < -0.39 is 11.9 Å². The van der Waals surface area contributed by atoms with Crippen molar-refractivity contribution in [3.8, 4) is 11.8 Å². The standard InChI is InChI=1S/C12H14FNO2/c1-3-4-9-7-10(11(13)8-14-9)12(15)5-6-16-2/h7-8,12,15H,5-6H2,1-2H3. The first-order valence-corrected chi connectivity index (χ1v) is 4.94. The Bertz CT molecular complexity index is 409. The van der Waals surface area contributed by atoms with Gasteiger partial charge in [0, 0.05) is 25.7 Å². The summed E-state index contributed by atoms with van der Waals surface area (Å²) in [5.74, 6) is 4.86. The van der Waals surface area contributed by atoms with Crippen LogP contribution in [0.3, 0.4) is 0 Å². The lowest BCUT2D eigenvalue weighted by Crippen LogP contribution is -2.05. The van der Waals surface area contributed by atoms with E-state index >= 15 is 0 Å². The number of pyridine rings is 1. The molecule has 0 saturated heterocycles. The Hall–Kier alpha value is -1.44. The first-order chi connectivity index (χ1) is 7.69. The minimum atomic E-state index is -0.889. The fraction of sp³-hybridized carbons (Fsp3) is 0.417. The highest BCUT2D eigenvalue weighted by atomic mass is 19.1. The van der Waals surface area contributed by atoms with E-state index in [0.29, 0.717) is 18.7 Å². The molecule has 1 atom stereocenters. The molecule has 0 aliphatic rings. The maximum absolute atomic E-state index is 13.4. The second-order valence-electron chi connectivity index (χ2n) is 3.26. The van der Waals surface area contributed by atoms with Gasteiger partial charge in [-0.1, -0.05) is 5.92 Å². The smallest absolute Gasteiger partial charge is 0.147 e. The van der Waals surface area contributed by atoms with Crippen molar-refractivity contribution in [2.45, 2.75) is 19.4 Å². The van der Waals surface area contributed by atoms with Gasteiger partial charge in [-0.15, -0.1) is 0 Å². The zero-order valence-corrected chi connectivity index (χ0v) is 9.33. The molecule has 1 aromatic heterocycles. The van der Waals surface area contributed by atoms with Gasteiger partial charge in [-0.25, -0.2) is 9.37 Å². The molecule has 3 nitrogen and oxygen atoms in total. The lowest BCUT2D eigenvalue weighted by Gasteiger charge is -2.11. The first-order valence-electron chi connectivity index (χ1n) is 4.94. The minimum absolute atomic E-state index is 0.213. The van der Waals surface area contributed by atoms with Crippen molar-refractivity contribution in [2.24, 2.45) is 0 Å². The van der Waals surface area contributed by atoms with Crippen LogP contribution in [0.15, 0.2) is 12.3 Å². The van der Waals surface area contributed by atoms with Crippen molar-refractivity contribution >= 4 is 0 Å². The highest BCUT2D eigenvalue weighted by Crippen LogP contribution is 2.20. The van der Waals surface area contributed by atoms with Gasteiger partial charge in [-0.05, 0) is 18.9 Å². The summed E-state index contributed by atoms with van der Waals surface area (Å²) in [5, 5.41) is 9.73. The molecule has 0 saturated carbocycles. The van der Waals surface area contributed by atoms with Crippen molar-refractivity contribution in [3.05, 3.63) is 29.3 Å². The predicted octanol–water partition coefficient (Wildman–Crippen LogP) is 1.66. The van der Waals surface area contributed by atoms with E-state index in [-0.39, 0.29) is 5.56 Å². The summed E-state index contributed by atoms with van der Waals surface area (Å²) in [7, 11) is 1.53. The van der Waals surface area contributed by atoms with Crippen LogP contribution in [0.2, 0.25) is 0 Å². The third kappa shape index (κ3) is 3.30. The van der Waals surface area contributed by atoms with Crippen LogP contribution in [0.25, 0.3) is 0 Å². The topological polar surface area (TPSA) is 42.4 Å². The van der Waals surface area contributed by atoms with Crippen molar-refractivity contribution in [1.82, 2.24) is 4.98 Å². The van der Waals surface area contributed by atoms with Gasteiger partial charge in [0.25, 0.3) is 0 Å². The molecule has 86 valence electrons. The molecule has 0 fully saturated rings. The van der Waals surface area contributed by atoms with Crippen LogP contribution in [0.4, 0.5) is 4.39 Å². The molecule has 1 heterocycles. The van der Waals surface area contributed by atoms with Gasteiger partial charge >= 0.3 is 0 Å². The molecule has 0 aliphatic carbocycles. The average molecular weight is 223 g/mol. The van der Waals surface area contributed by atoms with Gasteiger partial charge in [0.1, 0.15) is 11.5 Å². The molecular formula is C12H14FNO2. The summed E-state index contributed by atoms with van der Waals surface area (Å²) >= 11 is 0. The largest absolute Gasteiger partial charge is 0.388 e. The van der Waals surface area contributed by atoms with Crippen molar-refractivity contribution < 1.29 is 14.2 Å². The number of hydrogen-bond acceptors (Lipinski definition) is 3. The molecule has 0 spiro atoms. The number of methoxy groups -OCH3 is 1. The summed E-state index contributed by atoms with van der Waals surface area (Å²) in [6.07, 6.45) is 0.530. The molecule has 1 N–H and O–H groups in total. The Labute approximate surface area is 94.3 Å². The Balaban J connectivity index is 2.91. The number of aliphatic hydroxyl groups is 1. The molecule has 0 bridgehead atoms. The fourth-order valence-electron chi connectivity index (χ4n) is 1.29.